The Balaban J connectivity index is 2.27. The molecule has 4 nitrogen and oxygen atoms in total. The number of ether oxygens (including phenoxy) is 1. The van der Waals surface area contributed by atoms with E-state index in [1.165, 1.54) is 5.56 Å². The number of benzene rings is 1. The molecule has 114 valence electrons. The number of aliphatic hydroxyl groups excluding tert-OH is 1. The van der Waals surface area contributed by atoms with Gasteiger partial charge in [-0.05, 0) is 50.5 Å². The summed E-state index contributed by atoms with van der Waals surface area (Å²) in [6, 6.07) is 7.41. The number of methoxy groups -OCH3 is 1. The minimum atomic E-state index is -0.599. The van der Waals surface area contributed by atoms with Crippen molar-refractivity contribution in [3.8, 4) is 5.75 Å². The summed E-state index contributed by atoms with van der Waals surface area (Å²) >= 11 is 0. The Morgan fingerprint density at radius 1 is 1.24 bits per heavy atom. The largest absolute Gasteiger partial charge is 0.497 e. The first-order valence-corrected chi connectivity index (χ1v) is 7.36. The maximum absolute atomic E-state index is 10.6. The molecule has 0 spiro atoms. The van der Waals surface area contributed by atoms with Gasteiger partial charge in [0, 0.05) is 5.69 Å². The van der Waals surface area contributed by atoms with E-state index in [2.05, 4.69) is 18.9 Å². The fourth-order valence-corrected chi connectivity index (χ4v) is 2.82. The Morgan fingerprint density at radius 3 is 2.33 bits per heavy atom. The van der Waals surface area contributed by atoms with E-state index >= 15 is 0 Å². The molecule has 1 N–H and O–H groups in total. The summed E-state index contributed by atoms with van der Waals surface area (Å²) in [5, 5.41) is 15.2. The molecule has 0 amide bonds. The van der Waals surface area contributed by atoms with Gasteiger partial charge in [0.2, 0.25) is 0 Å². The number of rotatable bonds is 5. The lowest BCUT2D eigenvalue weighted by molar-refractivity contribution is 0.114. The molecule has 0 aliphatic carbocycles. The normalized spacial score (nSPS) is 14.0. The lowest BCUT2D eigenvalue weighted by Gasteiger charge is -2.21. The summed E-state index contributed by atoms with van der Waals surface area (Å²) < 4.78 is 7.08. The maximum atomic E-state index is 10.6. The third-order valence-electron chi connectivity index (χ3n) is 4.13. The summed E-state index contributed by atoms with van der Waals surface area (Å²) in [7, 11) is 1.64. The van der Waals surface area contributed by atoms with E-state index in [1.807, 2.05) is 42.8 Å². The van der Waals surface area contributed by atoms with Crippen molar-refractivity contribution in [3.05, 3.63) is 46.8 Å². The van der Waals surface area contributed by atoms with Crippen molar-refractivity contribution >= 4 is 0 Å². The number of nitrogens with zero attached hydrogens (tertiary/aromatic N) is 2. The molecule has 0 bridgehead atoms. The summed E-state index contributed by atoms with van der Waals surface area (Å²) in [5.41, 5.74) is 4.32. The molecule has 0 saturated heterocycles. The van der Waals surface area contributed by atoms with Gasteiger partial charge in [-0.25, -0.2) is 0 Å². The molecule has 4 heteroatoms. The summed E-state index contributed by atoms with van der Waals surface area (Å²) in [5.74, 6) is 0.790. The minimum absolute atomic E-state index is 0.114. The summed E-state index contributed by atoms with van der Waals surface area (Å²) in [6.45, 7) is 8.21. The molecule has 2 unspecified atom stereocenters. The lowest BCUT2D eigenvalue weighted by Crippen LogP contribution is -2.17. The highest BCUT2D eigenvalue weighted by atomic mass is 16.5. The predicted molar refractivity (Wildman–Crippen MR) is 83.7 cm³/mol. The number of aliphatic hydroxyl groups is 1. The Hall–Kier alpha value is -1.81. The van der Waals surface area contributed by atoms with E-state index < -0.39 is 6.10 Å². The molecule has 0 saturated carbocycles. The first-order chi connectivity index (χ1) is 9.99. The second kappa shape index (κ2) is 6.31. The number of aryl methyl sites for hydroxylation is 1. The molecule has 21 heavy (non-hydrogen) atoms. The second-order valence-corrected chi connectivity index (χ2v) is 5.41. The Labute approximate surface area is 126 Å². The Kier molecular flexibility index (Phi) is 4.68. The van der Waals surface area contributed by atoms with E-state index in [-0.39, 0.29) is 6.04 Å². The monoisotopic (exact) mass is 288 g/mol. The fraction of sp³-hybridized carbons (Fsp3) is 0.471. The van der Waals surface area contributed by atoms with Gasteiger partial charge in [-0.2, -0.15) is 5.10 Å². The molecule has 0 fully saturated rings. The van der Waals surface area contributed by atoms with Crippen LogP contribution >= 0.6 is 0 Å². The van der Waals surface area contributed by atoms with Crippen molar-refractivity contribution in [1.29, 1.82) is 0 Å². The molecular weight excluding hydrogens is 264 g/mol. The van der Waals surface area contributed by atoms with Gasteiger partial charge in [0.15, 0.2) is 0 Å². The molecule has 2 aromatic rings. The van der Waals surface area contributed by atoms with Crippen molar-refractivity contribution in [2.75, 3.05) is 7.11 Å². The average Bonchev–Trinajstić information content (AvgIpc) is 2.80. The smallest absolute Gasteiger partial charge is 0.118 e. The van der Waals surface area contributed by atoms with Crippen LogP contribution in [0.15, 0.2) is 24.3 Å². The second-order valence-electron chi connectivity index (χ2n) is 5.41. The van der Waals surface area contributed by atoms with Crippen LogP contribution in [0.5, 0.6) is 5.75 Å². The zero-order chi connectivity index (χ0) is 15.6. The Morgan fingerprint density at radius 2 is 1.86 bits per heavy atom. The third-order valence-corrected chi connectivity index (χ3v) is 4.13. The van der Waals surface area contributed by atoms with Gasteiger partial charge in [-0.15, -0.1) is 0 Å². The molecule has 0 aliphatic heterocycles. The highest BCUT2D eigenvalue weighted by Crippen LogP contribution is 2.29. The maximum Gasteiger partial charge on any atom is 0.118 e. The quantitative estimate of drug-likeness (QED) is 0.917. The van der Waals surface area contributed by atoms with Crippen LogP contribution in [0.2, 0.25) is 0 Å². The Bertz CT molecular complexity index is 602. The van der Waals surface area contributed by atoms with Gasteiger partial charge < -0.3 is 9.84 Å². The van der Waals surface area contributed by atoms with Crippen molar-refractivity contribution in [1.82, 2.24) is 9.78 Å². The molecule has 2 atom stereocenters. The van der Waals surface area contributed by atoms with E-state index in [0.717, 1.165) is 29.1 Å². The van der Waals surface area contributed by atoms with Crippen LogP contribution in [0.4, 0.5) is 0 Å². The van der Waals surface area contributed by atoms with Crippen LogP contribution < -0.4 is 4.74 Å². The van der Waals surface area contributed by atoms with Crippen molar-refractivity contribution in [2.45, 2.75) is 46.3 Å². The van der Waals surface area contributed by atoms with Crippen LogP contribution in [0.3, 0.4) is 0 Å². The molecule has 1 aromatic carbocycles. The highest BCUT2D eigenvalue weighted by Gasteiger charge is 2.22. The van der Waals surface area contributed by atoms with E-state index in [4.69, 9.17) is 4.74 Å². The highest BCUT2D eigenvalue weighted by molar-refractivity contribution is 5.30. The van der Waals surface area contributed by atoms with E-state index in [0.29, 0.717) is 0 Å². The summed E-state index contributed by atoms with van der Waals surface area (Å²) in [4.78, 5) is 0. The van der Waals surface area contributed by atoms with Gasteiger partial charge in [0.25, 0.3) is 0 Å². The minimum Gasteiger partial charge on any atom is -0.497 e. The number of hydrogen-bond donors (Lipinski definition) is 1. The first-order valence-electron chi connectivity index (χ1n) is 7.36. The molecule has 1 heterocycles. The van der Waals surface area contributed by atoms with Gasteiger partial charge in [0.1, 0.15) is 11.9 Å². The number of aromatic nitrogens is 2. The predicted octanol–water partition coefficient (Wildman–Crippen LogP) is 3.37. The molecule has 0 aliphatic rings. The third kappa shape index (κ3) is 2.95. The van der Waals surface area contributed by atoms with Crippen LogP contribution in [0.25, 0.3) is 0 Å². The van der Waals surface area contributed by atoms with E-state index in [1.54, 1.807) is 7.11 Å². The fourth-order valence-electron chi connectivity index (χ4n) is 2.82. The average molecular weight is 288 g/mol. The zero-order valence-corrected chi connectivity index (χ0v) is 13.4. The molecule has 1 aromatic heterocycles. The zero-order valence-electron chi connectivity index (χ0n) is 13.4. The van der Waals surface area contributed by atoms with Gasteiger partial charge in [-0.1, -0.05) is 19.1 Å². The van der Waals surface area contributed by atoms with Gasteiger partial charge in [0.05, 0.1) is 18.8 Å². The van der Waals surface area contributed by atoms with Crippen LogP contribution in [0.1, 0.15) is 48.5 Å². The van der Waals surface area contributed by atoms with E-state index in [9.17, 15) is 5.11 Å². The molecular formula is C17H24N2O2. The van der Waals surface area contributed by atoms with Gasteiger partial charge in [-0.3, -0.25) is 4.68 Å². The summed E-state index contributed by atoms with van der Waals surface area (Å²) in [6.07, 6.45) is 0.363. The topological polar surface area (TPSA) is 47.3 Å². The standard InChI is InChI=1S/C17H24N2O2/c1-6-16-11(2)18-19(12(16)3)13(4)17(20)14-7-9-15(21-5)10-8-14/h7-10,13,17,20H,6H2,1-5H3. The van der Waals surface area contributed by atoms with Crippen LogP contribution in [0, 0.1) is 13.8 Å². The number of hydrogen-bond acceptors (Lipinski definition) is 3. The SMILES string of the molecule is CCc1c(C)nn(C(C)C(O)c2ccc(OC)cc2)c1C. The molecule has 2 rings (SSSR count). The van der Waals surface area contributed by atoms with Crippen LogP contribution in [-0.4, -0.2) is 22.0 Å². The van der Waals surface area contributed by atoms with Crippen molar-refractivity contribution < 1.29 is 9.84 Å². The van der Waals surface area contributed by atoms with Crippen molar-refractivity contribution in [2.24, 2.45) is 0 Å². The van der Waals surface area contributed by atoms with Crippen molar-refractivity contribution in [3.63, 3.8) is 0 Å². The first kappa shape index (κ1) is 15.6. The van der Waals surface area contributed by atoms with Gasteiger partial charge >= 0.3 is 0 Å². The lowest BCUT2D eigenvalue weighted by atomic mass is 10.0. The van der Waals surface area contributed by atoms with Crippen LogP contribution in [-0.2, 0) is 6.42 Å². The molecule has 0 radical (unpaired) electrons.